The van der Waals surface area contributed by atoms with E-state index in [9.17, 15) is 0 Å². The Balaban J connectivity index is 2.06. The van der Waals surface area contributed by atoms with E-state index >= 15 is 0 Å². The molecule has 0 unspecified atom stereocenters. The average molecular weight is 329 g/mol. The molecule has 0 atom stereocenters. The number of hydrogen-bond acceptors (Lipinski definition) is 3. The van der Waals surface area contributed by atoms with E-state index in [1.54, 1.807) is 6.20 Å². The van der Waals surface area contributed by atoms with Gasteiger partial charge in [-0.3, -0.25) is 4.98 Å². The van der Waals surface area contributed by atoms with E-state index in [-0.39, 0.29) is 0 Å². The Kier molecular flexibility index (Phi) is 3.67. The normalized spacial score (nSPS) is 10.7. The van der Waals surface area contributed by atoms with Crippen LogP contribution in [0.1, 0.15) is 5.56 Å². The lowest BCUT2D eigenvalue weighted by Gasteiger charge is -2.10. The quantitative estimate of drug-likeness (QED) is 0.781. The Morgan fingerprint density at radius 3 is 2.60 bits per heavy atom. The Hall–Kier alpha value is -1.91. The molecule has 0 aliphatic heterocycles. The molecule has 1 heterocycles. The number of fused-ring (bicyclic) bond motifs is 1. The zero-order valence-electron chi connectivity index (χ0n) is 10.7. The van der Waals surface area contributed by atoms with Crippen LogP contribution in [0, 0.1) is 0 Å². The third kappa shape index (κ3) is 2.53. The van der Waals surface area contributed by atoms with E-state index in [1.165, 1.54) is 0 Å². The van der Waals surface area contributed by atoms with Gasteiger partial charge in [-0.15, -0.1) is 0 Å². The third-order valence-electron chi connectivity index (χ3n) is 3.08. The van der Waals surface area contributed by atoms with E-state index in [1.807, 2.05) is 48.5 Å². The summed E-state index contributed by atoms with van der Waals surface area (Å²) in [7, 11) is 0. The number of nitrogens with two attached hydrogens (primary N) is 1. The number of ether oxygens (including phenoxy) is 1. The summed E-state index contributed by atoms with van der Waals surface area (Å²) in [4.78, 5) is 4.41. The molecule has 3 nitrogen and oxygen atoms in total. The summed E-state index contributed by atoms with van der Waals surface area (Å²) in [5.41, 5.74) is 7.66. The lowest BCUT2D eigenvalue weighted by molar-refractivity contribution is 0.487. The summed E-state index contributed by atoms with van der Waals surface area (Å²) < 4.78 is 6.94. The van der Waals surface area contributed by atoms with Crippen molar-refractivity contribution in [1.29, 1.82) is 0 Å². The Labute approximate surface area is 125 Å². The van der Waals surface area contributed by atoms with Gasteiger partial charge >= 0.3 is 0 Å². The fourth-order valence-corrected chi connectivity index (χ4v) is 2.36. The topological polar surface area (TPSA) is 48.1 Å². The molecule has 3 rings (SSSR count). The van der Waals surface area contributed by atoms with Gasteiger partial charge in [0.15, 0.2) is 5.75 Å². The number of halogens is 1. The molecule has 2 aromatic carbocycles. The highest BCUT2D eigenvalue weighted by molar-refractivity contribution is 9.10. The first-order valence-electron chi connectivity index (χ1n) is 6.28. The van der Waals surface area contributed by atoms with Gasteiger partial charge in [0.2, 0.25) is 0 Å². The monoisotopic (exact) mass is 328 g/mol. The Morgan fingerprint density at radius 2 is 1.85 bits per heavy atom. The second-order valence-electron chi connectivity index (χ2n) is 4.38. The van der Waals surface area contributed by atoms with Gasteiger partial charge in [-0.1, -0.05) is 28.1 Å². The number of hydrogen-bond donors (Lipinski definition) is 1. The van der Waals surface area contributed by atoms with Gasteiger partial charge in [-0.2, -0.15) is 0 Å². The van der Waals surface area contributed by atoms with Crippen LogP contribution in [0.5, 0.6) is 11.5 Å². The number of aromatic nitrogens is 1. The van der Waals surface area contributed by atoms with Crippen molar-refractivity contribution in [3.8, 4) is 11.5 Å². The molecule has 20 heavy (non-hydrogen) atoms. The maximum atomic E-state index is 5.92. The van der Waals surface area contributed by atoms with Crippen molar-refractivity contribution in [2.75, 3.05) is 0 Å². The van der Waals surface area contributed by atoms with Gasteiger partial charge in [0.25, 0.3) is 0 Å². The van der Waals surface area contributed by atoms with Gasteiger partial charge in [0.05, 0.1) is 0 Å². The van der Waals surface area contributed by atoms with Crippen molar-refractivity contribution in [2.24, 2.45) is 5.73 Å². The molecule has 2 N–H and O–H groups in total. The lowest BCUT2D eigenvalue weighted by Crippen LogP contribution is -1.98. The van der Waals surface area contributed by atoms with Crippen molar-refractivity contribution in [3.63, 3.8) is 0 Å². The largest absolute Gasteiger partial charge is 0.455 e. The first-order valence-corrected chi connectivity index (χ1v) is 7.07. The molecule has 0 saturated carbocycles. The Morgan fingerprint density at radius 1 is 1.05 bits per heavy atom. The molecule has 0 saturated heterocycles. The van der Waals surface area contributed by atoms with Crippen LogP contribution < -0.4 is 10.5 Å². The van der Waals surface area contributed by atoms with Crippen LogP contribution in [0.25, 0.3) is 10.9 Å². The fourth-order valence-electron chi connectivity index (χ4n) is 2.10. The van der Waals surface area contributed by atoms with Crippen LogP contribution in [0.4, 0.5) is 0 Å². The lowest BCUT2D eigenvalue weighted by atomic mass is 10.1. The Bertz CT molecular complexity index is 741. The summed E-state index contributed by atoms with van der Waals surface area (Å²) in [5, 5.41) is 1.03. The average Bonchev–Trinajstić information content (AvgIpc) is 2.50. The summed E-state index contributed by atoms with van der Waals surface area (Å²) in [6.07, 6.45) is 1.76. The van der Waals surface area contributed by atoms with E-state index in [2.05, 4.69) is 20.9 Å². The molecule has 0 radical (unpaired) electrons. The number of benzene rings is 2. The molecule has 0 aliphatic carbocycles. The molecule has 0 bridgehead atoms. The maximum Gasteiger partial charge on any atom is 0.153 e. The molecule has 0 fully saturated rings. The van der Waals surface area contributed by atoms with Crippen molar-refractivity contribution < 1.29 is 4.74 Å². The molecule has 0 aliphatic rings. The van der Waals surface area contributed by atoms with E-state index in [0.29, 0.717) is 6.54 Å². The van der Waals surface area contributed by atoms with Crippen LogP contribution in [-0.4, -0.2) is 4.98 Å². The maximum absolute atomic E-state index is 5.92. The highest BCUT2D eigenvalue weighted by atomic mass is 79.9. The molecule has 3 aromatic rings. The predicted octanol–water partition coefficient (Wildman–Crippen LogP) is 4.25. The molecule has 0 spiro atoms. The summed E-state index contributed by atoms with van der Waals surface area (Å²) in [5.74, 6) is 1.51. The van der Waals surface area contributed by atoms with Crippen molar-refractivity contribution in [2.45, 2.75) is 6.54 Å². The second kappa shape index (κ2) is 5.61. The van der Waals surface area contributed by atoms with Crippen molar-refractivity contribution in [3.05, 3.63) is 64.8 Å². The van der Waals surface area contributed by atoms with Crippen molar-refractivity contribution in [1.82, 2.24) is 4.98 Å². The van der Waals surface area contributed by atoms with Crippen LogP contribution in [0.2, 0.25) is 0 Å². The van der Waals surface area contributed by atoms with Crippen LogP contribution in [0.3, 0.4) is 0 Å². The highest BCUT2D eigenvalue weighted by Crippen LogP contribution is 2.30. The van der Waals surface area contributed by atoms with Gasteiger partial charge in [0.1, 0.15) is 11.3 Å². The van der Waals surface area contributed by atoms with Crippen LogP contribution >= 0.6 is 15.9 Å². The molecule has 4 heteroatoms. The molecule has 100 valence electrons. The van der Waals surface area contributed by atoms with Crippen LogP contribution in [0.15, 0.2) is 59.2 Å². The van der Waals surface area contributed by atoms with Crippen LogP contribution in [-0.2, 0) is 6.54 Å². The fraction of sp³-hybridized carbons (Fsp3) is 0.0625. The van der Waals surface area contributed by atoms with Gasteiger partial charge in [0, 0.05) is 22.6 Å². The molecular formula is C16H13BrN2O. The van der Waals surface area contributed by atoms with E-state index in [0.717, 1.165) is 32.4 Å². The molecular weight excluding hydrogens is 316 g/mol. The smallest absolute Gasteiger partial charge is 0.153 e. The predicted molar refractivity (Wildman–Crippen MR) is 83.9 cm³/mol. The molecule has 0 amide bonds. The van der Waals surface area contributed by atoms with E-state index in [4.69, 9.17) is 10.5 Å². The van der Waals surface area contributed by atoms with Gasteiger partial charge < -0.3 is 10.5 Å². The zero-order valence-corrected chi connectivity index (χ0v) is 12.3. The minimum Gasteiger partial charge on any atom is -0.455 e. The number of pyridine rings is 1. The summed E-state index contributed by atoms with van der Waals surface area (Å²) in [6.45, 7) is 0.487. The minimum atomic E-state index is 0.487. The number of nitrogens with zero attached hydrogens (tertiary/aromatic N) is 1. The first kappa shape index (κ1) is 13.1. The highest BCUT2D eigenvalue weighted by Gasteiger charge is 2.08. The minimum absolute atomic E-state index is 0.487. The SMILES string of the molecule is NCc1ccc(Oc2ccc(Br)cc2)c2ncccc12. The standard InChI is InChI=1S/C16H13BrN2O/c17-12-4-6-13(7-5-12)20-15-8-3-11(10-18)14-2-1-9-19-16(14)15/h1-9H,10,18H2. The van der Waals surface area contributed by atoms with Gasteiger partial charge in [-0.25, -0.2) is 0 Å². The zero-order chi connectivity index (χ0) is 13.9. The first-order chi connectivity index (χ1) is 9.78. The van der Waals surface area contributed by atoms with E-state index < -0.39 is 0 Å². The number of rotatable bonds is 3. The summed E-state index contributed by atoms with van der Waals surface area (Å²) >= 11 is 3.41. The second-order valence-corrected chi connectivity index (χ2v) is 5.30. The van der Waals surface area contributed by atoms with Crippen molar-refractivity contribution >= 4 is 26.8 Å². The third-order valence-corrected chi connectivity index (χ3v) is 3.61. The summed E-state index contributed by atoms with van der Waals surface area (Å²) in [6, 6.07) is 15.5. The molecule has 1 aromatic heterocycles. The van der Waals surface area contributed by atoms with Gasteiger partial charge in [-0.05, 0) is 42.0 Å².